The zero-order valence-corrected chi connectivity index (χ0v) is 13.4. The number of benzene rings is 1. The van der Waals surface area contributed by atoms with E-state index in [9.17, 15) is 4.79 Å². The molecule has 5 nitrogen and oxygen atoms in total. The molecule has 118 valence electrons. The van der Waals surface area contributed by atoms with Crippen LogP contribution in [0.3, 0.4) is 0 Å². The molecule has 1 aromatic carbocycles. The van der Waals surface area contributed by atoms with E-state index in [0.717, 1.165) is 25.1 Å². The fourth-order valence-corrected chi connectivity index (χ4v) is 2.13. The van der Waals surface area contributed by atoms with Crippen molar-refractivity contribution in [1.29, 1.82) is 5.26 Å². The van der Waals surface area contributed by atoms with Gasteiger partial charge in [-0.2, -0.15) is 5.26 Å². The summed E-state index contributed by atoms with van der Waals surface area (Å²) in [5.41, 5.74) is 2.54. The Bertz CT molecular complexity index is 704. The SMILES string of the molecule is CCCCN(C)c1ccnc(C(=O)Nc2ccc(C#N)cc2)c1. The van der Waals surface area contributed by atoms with Crippen molar-refractivity contribution in [1.82, 2.24) is 4.98 Å². The van der Waals surface area contributed by atoms with Crippen LogP contribution in [0.2, 0.25) is 0 Å². The van der Waals surface area contributed by atoms with Gasteiger partial charge in [0.25, 0.3) is 5.91 Å². The van der Waals surface area contributed by atoms with Crippen molar-refractivity contribution in [2.45, 2.75) is 19.8 Å². The Balaban J connectivity index is 2.08. The Kier molecular flexibility index (Phi) is 5.70. The van der Waals surface area contributed by atoms with Gasteiger partial charge < -0.3 is 10.2 Å². The molecule has 0 spiro atoms. The molecule has 0 unspecified atom stereocenters. The number of carbonyl (C=O) groups excluding carboxylic acids is 1. The van der Waals surface area contributed by atoms with Crippen LogP contribution in [-0.4, -0.2) is 24.5 Å². The van der Waals surface area contributed by atoms with Crippen LogP contribution in [0, 0.1) is 11.3 Å². The number of carbonyl (C=O) groups is 1. The summed E-state index contributed by atoms with van der Waals surface area (Å²) in [4.78, 5) is 18.6. The molecular weight excluding hydrogens is 288 g/mol. The topological polar surface area (TPSA) is 69.0 Å². The highest BCUT2D eigenvalue weighted by atomic mass is 16.1. The molecule has 2 aromatic rings. The summed E-state index contributed by atoms with van der Waals surface area (Å²) < 4.78 is 0. The second-order valence-electron chi connectivity index (χ2n) is 5.32. The molecule has 0 saturated heterocycles. The molecule has 0 bridgehead atoms. The first kappa shape index (κ1) is 16.5. The normalized spacial score (nSPS) is 9.96. The van der Waals surface area contributed by atoms with Gasteiger partial charge in [-0.1, -0.05) is 13.3 Å². The predicted octanol–water partition coefficient (Wildman–Crippen LogP) is 3.44. The van der Waals surface area contributed by atoms with Gasteiger partial charge in [-0.15, -0.1) is 0 Å². The molecule has 0 aliphatic carbocycles. The number of nitriles is 1. The van der Waals surface area contributed by atoms with E-state index < -0.39 is 0 Å². The highest BCUT2D eigenvalue weighted by molar-refractivity contribution is 6.03. The summed E-state index contributed by atoms with van der Waals surface area (Å²) in [6.45, 7) is 3.09. The highest BCUT2D eigenvalue weighted by Crippen LogP contribution is 2.15. The van der Waals surface area contributed by atoms with Crippen LogP contribution in [0.15, 0.2) is 42.6 Å². The summed E-state index contributed by atoms with van der Waals surface area (Å²) in [5, 5.41) is 11.6. The maximum Gasteiger partial charge on any atom is 0.274 e. The van der Waals surface area contributed by atoms with Crippen LogP contribution in [0.25, 0.3) is 0 Å². The molecule has 1 N–H and O–H groups in total. The lowest BCUT2D eigenvalue weighted by Crippen LogP contribution is -2.20. The first-order valence-electron chi connectivity index (χ1n) is 7.62. The first-order chi connectivity index (χ1) is 11.1. The number of nitrogens with zero attached hydrogens (tertiary/aromatic N) is 3. The fraction of sp³-hybridized carbons (Fsp3) is 0.278. The average molecular weight is 308 g/mol. The molecule has 0 aliphatic heterocycles. The molecule has 1 aromatic heterocycles. The fourth-order valence-electron chi connectivity index (χ4n) is 2.13. The van der Waals surface area contributed by atoms with E-state index >= 15 is 0 Å². The number of pyridine rings is 1. The molecule has 0 fully saturated rings. The van der Waals surface area contributed by atoms with Crippen LogP contribution in [-0.2, 0) is 0 Å². The molecule has 0 atom stereocenters. The number of nitrogens with one attached hydrogen (secondary N) is 1. The molecule has 2 rings (SSSR count). The smallest absolute Gasteiger partial charge is 0.274 e. The summed E-state index contributed by atoms with van der Waals surface area (Å²) in [5.74, 6) is -0.263. The molecule has 0 saturated carbocycles. The van der Waals surface area contributed by atoms with E-state index in [0.29, 0.717) is 16.9 Å². The molecule has 5 heteroatoms. The van der Waals surface area contributed by atoms with Crippen molar-refractivity contribution >= 4 is 17.3 Å². The Morgan fingerprint density at radius 2 is 2.04 bits per heavy atom. The van der Waals surface area contributed by atoms with Crippen LogP contribution in [0.5, 0.6) is 0 Å². The maximum atomic E-state index is 12.3. The van der Waals surface area contributed by atoms with E-state index in [1.54, 1.807) is 36.5 Å². The van der Waals surface area contributed by atoms with Crippen molar-refractivity contribution in [3.63, 3.8) is 0 Å². The number of aromatic nitrogens is 1. The van der Waals surface area contributed by atoms with Crippen molar-refractivity contribution in [3.05, 3.63) is 53.9 Å². The molecule has 0 radical (unpaired) electrons. The standard InChI is InChI=1S/C18H20N4O/c1-3-4-11-22(2)16-9-10-20-17(12-16)18(23)21-15-7-5-14(13-19)6-8-15/h5-10,12H,3-4,11H2,1-2H3,(H,21,23). The number of anilines is 2. The summed E-state index contributed by atoms with van der Waals surface area (Å²) in [6, 6.07) is 12.5. The zero-order valence-electron chi connectivity index (χ0n) is 13.4. The lowest BCUT2D eigenvalue weighted by Gasteiger charge is -2.19. The minimum Gasteiger partial charge on any atom is -0.374 e. The monoisotopic (exact) mass is 308 g/mol. The summed E-state index contributed by atoms with van der Waals surface area (Å²) in [7, 11) is 2.01. The third-order valence-electron chi connectivity index (χ3n) is 3.54. The van der Waals surface area contributed by atoms with Crippen LogP contribution in [0.1, 0.15) is 35.8 Å². The third kappa shape index (κ3) is 4.55. The van der Waals surface area contributed by atoms with Gasteiger partial charge in [-0.3, -0.25) is 9.78 Å². The quantitative estimate of drug-likeness (QED) is 0.887. The molecular formula is C18H20N4O. The van der Waals surface area contributed by atoms with Gasteiger partial charge >= 0.3 is 0 Å². The Morgan fingerprint density at radius 3 is 2.70 bits per heavy atom. The van der Waals surface area contributed by atoms with E-state index in [-0.39, 0.29) is 5.91 Å². The van der Waals surface area contributed by atoms with Gasteiger partial charge in [-0.25, -0.2) is 0 Å². The number of rotatable bonds is 6. The lowest BCUT2D eigenvalue weighted by molar-refractivity contribution is 0.102. The number of hydrogen-bond acceptors (Lipinski definition) is 4. The van der Waals surface area contributed by atoms with Gasteiger partial charge in [0.05, 0.1) is 11.6 Å². The van der Waals surface area contributed by atoms with Gasteiger partial charge in [0.15, 0.2) is 0 Å². The van der Waals surface area contributed by atoms with Gasteiger partial charge in [0.1, 0.15) is 5.69 Å². The zero-order chi connectivity index (χ0) is 16.7. The summed E-state index contributed by atoms with van der Waals surface area (Å²) in [6.07, 6.45) is 3.87. The highest BCUT2D eigenvalue weighted by Gasteiger charge is 2.10. The average Bonchev–Trinajstić information content (AvgIpc) is 2.60. The van der Waals surface area contributed by atoms with E-state index in [2.05, 4.69) is 22.1 Å². The van der Waals surface area contributed by atoms with Gasteiger partial charge in [0.2, 0.25) is 0 Å². The molecule has 0 aliphatic rings. The van der Waals surface area contributed by atoms with Gasteiger partial charge in [-0.05, 0) is 42.8 Å². The molecule has 1 amide bonds. The van der Waals surface area contributed by atoms with Crippen LogP contribution in [0.4, 0.5) is 11.4 Å². The number of unbranched alkanes of at least 4 members (excludes halogenated alkanes) is 1. The predicted molar refractivity (Wildman–Crippen MR) is 91.5 cm³/mol. The Labute approximate surface area is 136 Å². The number of hydrogen-bond donors (Lipinski definition) is 1. The number of amides is 1. The summed E-state index contributed by atoms with van der Waals surface area (Å²) >= 11 is 0. The van der Waals surface area contributed by atoms with Crippen molar-refractivity contribution in [3.8, 4) is 6.07 Å². The lowest BCUT2D eigenvalue weighted by atomic mass is 10.2. The van der Waals surface area contributed by atoms with Crippen molar-refractivity contribution in [2.24, 2.45) is 0 Å². The first-order valence-corrected chi connectivity index (χ1v) is 7.62. The van der Waals surface area contributed by atoms with Crippen LogP contribution < -0.4 is 10.2 Å². The largest absolute Gasteiger partial charge is 0.374 e. The minimum atomic E-state index is -0.263. The van der Waals surface area contributed by atoms with Gasteiger partial charge in [0, 0.05) is 31.2 Å². The third-order valence-corrected chi connectivity index (χ3v) is 3.54. The molecule has 23 heavy (non-hydrogen) atoms. The van der Waals surface area contributed by atoms with E-state index in [4.69, 9.17) is 5.26 Å². The molecule has 1 heterocycles. The van der Waals surface area contributed by atoms with Crippen molar-refractivity contribution in [2.75, 3.05) is 23.8 Å². The van der Waals surface area contributed by atoms with Crippen molar-refractivity contribution < 1.29 is 4.79 Å². The second-order valence-corrected chi connectivity index (χ2v) is 5.32. The second kappa shape index (κ2) is 7.95. The minimum absolute atomic E-state index is 0.263. The van der Waals surface area contributed by atoms with Crippen LogP contribution >= 0.6 is 0 Å². The Hall–Kier alpha value is -2.87. The maximum absolute atomic E-state index is 12.3. The van der Waals surface area contributed by atoms with E-state index in [1.807, 2.05) is 19.2 Å². The Morgan fingerprint density at radius 1 is 1.30 bits per heavy atom. The van der Waals surface area contributed by atoms with E-state index in [1.165, 1.54) is 0 Å².